The molecule has 0 radical (unpaired) electrons. The average Bonchev–Trinajstić information content (AvgIpc) is 3.24. The Labute approximate surface area is 120 Å². The highest BCUT2D eigenvalue weighted by Gasteiger charge is 2.41. The fourth-order valence-electron chi connectivity index (χ4n) is 2.54. The third-order valence-electron chi connectivity index (χ3n) is 4.00. The number of aromatic nitrogens is 1. The molecule has 0 bridgehead atoms. The van der Waals surface area contributed by atoms with Crippen molar-refractivity contribution in [2.45, 2.75) is 38.6 Å². The molecular weight excluding hydrogens is 310 g/mol. The van der Waals surface area contributed by atoms with Crippen LogP contribution in [-0.4, -0.2) is 15.9 Å². The zero-order valence-corrected chi connectivity index (χ0v) is 12.3. The predicted molar refractivity (Wildman–Crippen MR) is 76.2 cm³/mol. The largest absolute Gasteiger partial charge is 0.366 e. The fourth-order valence-corrected chi connectivity index (χ4v) is 2.96. The van der Waals surface area contributed by atoms with Crippen LogP contribution in [0.5, 0.6) is 0 Å². The number of nitro groups is 1. The summed E-state index contributed by atoms with van der Waals surface area (Å²) in [6.45, 7) is 1.75. The maximum Gasteiger partial charge on any atom is 0.291 e. The average molecular weight is 326 g/mol. The first-order valence-corrected chi connectivity index (χ1v) is 7.43. The number of halogens is 1. The van der Waals surface area contributed by atoms with E-state index >= 15 is 0 Å². The number of nitrogens with one attached hydrogen (secondary N) is 1. The SMILES string of the molecule is Cc1c([N+](=O)[O-])cnc(NC(C2CC2)C2CC2)c1Br. The van der Waals surface area contributed by atoms with Gasteiger partial charge in [-0.1, -0.05) is 0 Å². The number of nitrogens with zero attached hydrogens (tertiary/aromatic N) is 2. The van der Waals surface area contributed by atoms with Crippen molar-refractivity contribution >= 4 is 27.4 Å². The summed E-state index contributed by atoms with van der Waals surface area (Å²) in [7, 11) is 0. The number of anilines is 1. The normalized spacial score (nSPS) is 18.7. The summed E-state index contributed by atoms with van der Waals surface area (Å²) >= 11 is 3.44. The van der Waals surface area contributed by atoms with Crippen molar-refractivity contribution in [2.24, 2.45) is 11.8 Å². The topological polar surface area (TPSA) is 68.1 Å². The monoisotopic (exact) mass is 325 g/mol. The van der Waals surface area contributed by atoms with Gasteiger partial charge >= 0.3 is 0 Å². The molecule has 0 atom stereocenters. The molecule has 0 unspecified atom stereocenters. The first-order valence-electron chi connectivity index (χ1n) is 6.64. The predicted octanol–water partition coefficient (Wildman–Crippen LogP) is 3.66. The van der Waals surface area contributed by atoms with Crippen molar-refractivity contribution in [3.63, 3.8) is 0 Å². The van der Waals surface area contributed by atoms with Gasteiger partial charge in [0.15, 0.2) is 0 Å². The van der Waals surface area contributed by atoms with E-state index in [0.717, 1.165) is 17.7 Å². The van der Waals surface area contributed by atoms with Crippen LogP contribution in [0.4, 0.5) is 11.5 Å². The summed E-state index contributed by atoms with van der Waals surface area (Å²) in [4.78, 5) is 14.7. The molecule has 1 N–H and O–H groups in total. The summed E-state index contributed by atoms with van der Waals surface area (Å²) in [5.41, 5.74) is 0.694. The highest BCUT2D eigenvalue weighted by Crippen LogP contribution is 2.46. The molecule has 2 fully saturated rings. The maximum atomic E-state index is 10.9. The molecule has 2 aliphatic carbocycles. The lowest BCUT2D eigenvalue weighted by atomic mass is 10.1. The minimum atomic E-state index is -0.393. The van der Waals surface area contributed by atoms with Gasteiger partial charge in [0, 0.05) is 11.6 Å². The molecule has 3 rings (SSSR count). The Morgan fingerprint density at radius 2 is 2.00 bits per heavy atom. The first kappa shape index (κ1) is 12.8. The molecule has 102 valence electrons. The van der Waals surface area contributed by atoms with Gasteiger partial charge in [-0.2, -0.15) is 0 Å². The molecular formula is C13H16BrN3O2. The van der Waals surface area contributed by atoms with Crippen LogP contribution in [0, 0.1) is 28.9 Å². The zero-order valence-electron chi connectivity index (χ0n) is 10.7. The van der Waals surface area contributed by atoms with E-state index in [1.165, 1.54) is 31.9 Å². The zero-order chi connectivity index (χ0) is 13.6. The first-order chi connectivity index (χ1) is 9.08. The molecule has 2 saturated carbocycles. The molecule has 2 aliphatic rings. The lowest BCUT2D eigenvalue weighted by molar-refractivity contribution is -0.385. The third-order valence-corrected chi connectivity index (χ3v) is 4.97. The molecule has 0 spiro atoms. The van der Waals surface area contributed by atoms with Crippen LogP contribution in [-0.2, 0) is 0 Å². The molecule has 1 aromatic rings. The lowest BCUT2D eigenvalue weighted by Crippen LogP contribution is -2.25. The summed E-state index contributed by atoms with van der Waals surface area (Å²) in [5, 5.41) is 14.4. The summed E-state index contributed by atoms with van der Waals surface area (Å²) in [6, 6.07) is 0.490. The Balaban J connectivity index is 1.84. The minimum Gasteiger partial charge on any atom is -0.366 e. The van der Waals surface area contributed by atoms with Crippen LogP contribution in [0.3, 0.4) is 0 Å². The van der Waals surface area contributed by atoms with E-state index in [2.05, 4.69) is 26.2 Å². The van der Waals surface area contributed by atoms with E-state index < -0.39 is 4.92 Å². The molecule has 6 heteroatoms. The fraction of sp³-hybridized carbons (Fsp3) is 0.615. The van der Waals surface area contributed by atoms with Crippen LogP contribution >= 0.6 is 15.9 Å². The van der Waals surface area contributed by atoms with Gasteiger partial charge in [-0.3, -0.25) is 10.1 Å². The number of pyridine rings is 1. The molecule has 0 aliphatic heterocycles. The van der Waals surface area contributed by atoms with E-state index in [0.29, 0.717) is 16.1 Å². The van der Waals surface area contributed by atoms with Crippen molar-refractivity contribution in [3.05, 3.63) is 26.3 Å². The molecule has 1 aromatic heterocycles. The highest BCUT2D eigenvalue weighted by atomic mass is 79.9. The van der Waals surface area contributed by atoms with Crippen molar-refractivity contribution in [1.82, 2.24) is 4.98 Å². The van der Waals surface area contributed by atoms with E-state index in [-0.39, 0.29) is 5.69 Å². The standard InChI is InChI=1S/C13H16BrN3O2/c1-7-10(17(18)19)6-15-13(11(7)14)16-12(8-2-3-8)9-4-5-9/h6,8-9,12H,2-5H2,1H3,(H,15,16). The van der Waals surface area contributed by atoms with Crippen LogP contribution in [0.2, 0.25) is 0 Å². The molecule has 5 nitrogen and oxygen atoms in total. The number of hydrogen-bond acceptors (Lipinski definition) is 4. The smallest absolute Gasteiger partial charge is 0.291 e. The van der Waals surface area contributed by atoms with Gasteiger partial charge in [-0.15, -0.1) is 0 Å². The van der Waals surface area contributed by atoms with Gasteiger partial charge in [0.1, 0.15) is 12.0 Å². The summed E-state index contributed by atoms with van der Waals surface area (Å²) in [6.07, 6.45) is 6.50. The summed E-state index contributed by atoms with van der Waals surface area (Å²) < 4.78 is 0.716. The Kier molecular flexibility index (Phi) is 3.20. The number of hydrogen-bond donors (Lipinski definition) is 1. The summed E-state index contributed by atoms with van der Waals surface area (Å²) in [5.74, 6) is 2.26. The Morgan fingerprint density at radius 1 is 1.42 bits per heavy atom. The molecule has 19 heavy (non-hydrogen) atoms. The van der Waals surface area contributed by atoms with Crippen LogP contribution in [0.15, 0.2) is 10.7 Å². The minimum absolute atomic E-state index is 0.0619. The molecule has 0 amide bonds. The van der Waals surface area contributed by atoms with E-state index in [1.807, 2.05) is 0 Å². The van der Waals surface area contributed by atoms with Gasteiger partial charge in [-0.25, -0.2) is 4.98 Å². The van der Waals surface area contributed by atoms with Gasteiger partial charge in [0.05, 0.1) is 9.40 Å². The van der Waals surface area contributed by atoms with E-state index in [9.17, 15) is 10.1 Å². The second-order valence-corrected chi connectivity index (χ2v) is 6.33. The van der Waals surface area contributed by atoms with Crippen LogP contribution in [0.1, 0.15) is 31.2 Å². The van der Waals surface area contributed by atoms with Crippen molar-refractivity contribution in [3.8, 4) is 0 Å². The van der Waals surface area contributed by atoms with E-state index in [1.54, 1.807) is 6.92 Å². The van der Waals surface area contributed by atoms with Gasteiger partial charge < -0.3 is 5.32 Å². The van der Waals surface area contributed by atoms with Crippen molar-refractivity contribution in [2.75, 3.05) is 5.32 Å². The van der Waals surface area contributed by atoms with Crippen LogP contribution in [0.25, 0.3) is 0 Å². The second-order valence-electron chi connectivity index (χ2n) is 5.53. The van der Waals surface area contributed by atoms with Crippen molar-refractivity contribution in [1.29, 1.82) is 0 Å². The van der Waals surface area contributed by atoms with Crippen LogP contribution < -0.4 is 5.32 Å². The second kappa shape index (κ2) is 4.74. The third kappa shape index (κ3) is 2.59. The maximum absolute atomic E-state index is 10.9. The highest BCUT2D eigenvalue weighted by molar-refractivity contribution is 9.10. The van der Waals surface area contributed by atoms with E-state index in [4.69, 9.17) is 0 Å². The Morgan fingerprint density at radius 3 is 2.47 bits per heavy atom. The quantitative estimate of drug-likeness (QED) is 0.662. The molecule has 0 saturated heterocycles. The van der Waals surface area contributed by atoms with Gasteiger partial charge in [0.25, 0.3) is 5.69 Å². The Hall–Kier alpha value is -1.17. The Bertz CT molecular complexity index is 515. The van der Waals surface area contributed by atoms with Gasteiger partial charge in [-0.05, 0) is 60.4 Å². The molecule has 1 heterocycles. The molecule has 0 aromatic carbocycles. The van der Waals surface area contributed by atoms with Crippen molar-refractivity contribution < 1.29 is 4.92 Å². The number of rotatable bonds is 5. The van der Waals surface area contributed by atoms with Gasteiger partial charge in [0.2, 0.25) is 0 Å². The lowest BCUT2D eigenvalue weighted by Gasteiger charge is -2.19.